The molecule has 0 N–H and O–H groups in total. The van der Waals surface area contributed by atoms with Gasteiger partial charge in [-0.3, -0.25) is 4.98 Å². The number of pyridine rings is 1. The Balaban J connectivity index is 1.80. The molecule has 28 heavy (non-hydrogen) atoms. The van der Waals surface area contributed by atoms with E-state index in [1.54, 1.807) is 18.3 Å². The van der Waals surface area contributed by atoms with Gasteiger partial charge in [-0.15, -0.1) is 0 Å². The van der Waals surface area contributed by atoms with Crippen LogP contribution < -0.4 is 0 Å². The van der Waals surface area contributed by atoms with Gasteiger partial charge in [0.25, 0.3) is 0 Å². The highest BCUT2D eigenvalue weighted by Gasteiger charge is 2.07. The average molecular weight is 357 g/mol. The van der Waals surface area contributed by atoms with Crippen molar-refractivity contribution in [2.45, 2.75) is 0 Å². The molecule has 0 spiro atoms. The molecule has 3 nitrogen and oxygen atoms in total. The van der Waals surface area contributed by atoms with Crippen LogP contribution in [0, 0.1) is 22.7 Å². The zero-order valence-corrected chi connectivity index (χ0v) is 15.0. The van der Waals surface area contributed by atoms with Gasteiger partial charge in [0, 0.05) is 11.8 Å². The minimum absolute atomic E-state index is 0.597. The van der Waals surface area contributed by atoms with Crippen LogP contribution in [-0.4, -0.2) is 4.98 Å². The monoisotopic (exact) mass is 357 g/mol. The second-order valence-corrected chi connectivity index (χ2v) is 6.40. The van der Waals surface area contributed by atoms with E-state index in [2.05, 4.69) is 29.3 Å². The fourth-order valence-electron chi connectivity index (χ4n) is 3.15. The van der Waals surface area contributed by atoms with Crippen molar-refractivity contribution in [3.05, 3.63) is 102 Å². The Kier molecular flexibility index (Phi) is 4.66. The first-order valence-corrected chi connectivity index (χ1v) is 8.84. The first kappa shape index (κ1) is 17.2. The SMILES string of the molecule is N#Cc1ccc(-c2cc(C#N)cc(-c3cccc(-c4ccccn4)c3)c2)cc1. The molecule has 0 bridgehead atoms. The van der Waals surface area contributed by atoms with Crippen LogP contribution in [0.1, 0.15) is 11.1 Å². The molecule has 1 heterocycles. The second-order valence-electron chi connectivity index (χ2n) is 6.40. The van der Waals surface area contributed by atoms with Crippen molar-refractivity contribution in [3.8, 4) is 45.6 Å². The molecule has 0 aliphatic carbocycles. The molecule has 0 saturated carbocycles. The van der Waals surface area contributed by atoms with Crippen molar-refractivity contribution in [1.82, 2.24) is 4.98 Å². The van der Waals surface area contributed by atoms with E-state index < -0.39 is 0 Å². The molecule has 0 radical (unpaired) electrons. The topological polar surface area (TPSA) is 60.5 Å². The number of benzene rings is 3. The second kappa shape index (κ2) is 7.58. The largest absolute Gasteiger partial charge is 0.256 e. The van der Waals surface area contributed by atoms with E-state index >= 15 is 0 Å². The van der Waals surface area contributed by atoms with Gasteiger partial charge in [0.1, 0.15) is 0 Å². The molecule has 130 valence electrons. The maximum absolute atomic E-state index is 9.49. The summed E-state index contributed by atoms with van der Waals surface area (Å²) in [5.74, 6) is 0. The molecule has 0 saturated heterocycles. The average Bonchev–Trinajstić information content (AvgIpc) is 2.79. The summed E-state index contributed by atoms with van der Waals surface area (Å²) in [7, 11) is 0. The summed E-state index contributed by atoms with van der Waals surface area (Å²) in [4.78, 5) is 4.42. The molecule has 0 aliphatic heterocycles. The van der Waals surface area contributed by atoms with Crippen LogP contribution in [0.15, 0.2) is 91.1 Å². The summed E-state index contributed by atoms with van der Waals surface area (Å²) in [5, 5.41) is 18.5. The lowest BCUT2D eigenvalue weighted by atomic mass is 9.95. The molecular formula is C25H15N3. The molecule has 0 fully saturated rings. The Morgan fingerprint density at radius 2 is 1.21 bits per heavy atom. The Morgan fingerprint density at radius 3 is 1.89 bits per heavy atom. The molecule has 3 heteroatoms. The first-order valence-electron chi connectivity index (χ1n) is 8.84. The maximum Gasteiger partial charge on any atom is 0.0992 e. The van der Waals surface area contributed by atoms with Gasteiger partial charge in [-0.2, -0.15) is 10.5 Å². The van der Waals surface area contributed by atoms with E-state index in [4.69, 9.17) is 5.26 Å². The van der Waals surface area contributed by atoms with Crippen molar-refractivity contribution in [2.75, 3.05) is 0 Å². The summed E-state index contributed by atoms with van der Waals surface area (Å²) in [6.07, 6.45) is 1.78. The molecule has 3 aromatic carbocycles. The number of nitriles is 2. The lowest BCUT2D eigenvalue weighted by molar-refractivity contribution is 1.33. The Bertz CT molecular complexity index is 1210. The van der Waals surface area contributed by atoms with E-state index in [-0.39, 0.29) is 0 Å². The van der Waals surface area contributed by atoms with Crippen molar-refractivity contribution in [1.29, 1.82) is 10.5 Å². The van der Waals surface area contributed by atoms with Gasteiger partial charge < -0.3 is 0 Å². The lowest BCUT2D eigenvalue weighted by Crippen LogP contribution is -1.87. The Labute approximate surface area is 163 Å². The summed E-state index contributed by atoms with van der Waals surface area (Å²) in [6.45, 7) is 0. The first-order chi connectivity index (χ1) is 13.8. The molecule has 0 amide bonds. The molecule has 4 rings (SSSR count). The molecule has 1 aromatic heterocycles. The maximum atomic E-state index is 9.49. The zero-order chi connectivity index (χ0) is 19.3. The number of hydrogen-bond donors (Lipinski definition) is 0. The molecule has 4 aromatic rings. The van der Waals surface area contributed by atoms with Crippen LogP contribution >= 0.6 is 0 Å². The summed E-state index contributed by atoms with van der Waals surface area (Å²) in [5.41, 5.74) is 7.06. The van der Waals surface area contributed by atoms with Gasteiger partial charge in [0.2, 0.25) is 0 Å². The minimum atomic E-state index is 0.597. The van der Waals surface area contributed by atoms with Crippen LogP contribution in [0.3, 0.4) is 0 Å². The number of aromatic nitrogens is 1. The fourth-order valence-corrected chi connectivity index (χ4v) is 3.15. The molecule has 0 atom stereocenters. The highest BCUT2D eigenvalue weighted by molar-refractivity contribution is 5.78. The van der Waals surface area contributed by atoms with Gasteiger partial charge in [-0.05, 0) is 70.8 Å². The number of rotatable bonds is 3. The zero-order valence-electron chi connectivity index (χ0n) is 15.0. The van der Waals surface area contributed by atoms with E-state index in [9.17, 15) is 5.26 Å². The predicted octanol–water partition coefficient (Wildman–Crippen LogP) is 5.83. The lowest BCUT2D eigenvalue weighted by Gasteiger charge is -2.09. The third kappa shape index (κ3) is 3.51. The van der Waals surface area contributed by atoms with Crippen molar-refractivity contribution in [2.24, 2.45) is 0 Å². The van der Waals surface area contributed by atoms with Crippen molar-refractivity contribution < 1.29 is 0 Å². The third-order valence-corrected chi connectivity index (χ3v) is 4.57. The highest BCUT2D eigenvalue weighted by atomic mass is 14.7. The molecule has 0 aliphatic rings. The van der Waals surface area contributed by atoms with Gasteiger partial charge >= 0.3 is 0 Å². The quantitative estimate of drug-likeness (QED) is 0.464. The number of nitrogens with zero attached hydrogens (tertiary/aromatic N) is 3. The van der Waals surface area contributed by atoms with Crippen molar-refractivity contribution in [3.63, 3.8) is 0 Å². The third-order valence-electron chi connectivity index (χ3n) is 4.57. The van der Waals surface area contributed by atoms with E-state index in [1.807, 2.05) is 60.7 Å². The Morgan fingerprint density at radius 1 is 0.536 bits per heavy atom. The molecule has 0 unspecified atom stereocenters. The van der Waals surface area contributed by atoms with Crippen LogP contribution in [0.4, 0.5) is 0 Å². The van der Waals surface area contributed by atoms with Crippen LogP contribution in [-0.2, 0) is 0 Å². The normalized spacial score (nSPS) is 10.1. The fraction of sp³-hybridized carbons (Fsp3) is 0. The van der Waals surface area contributed by atoms with Gasteiger partial charge in [-0.1, -0.05) is 36.4 Å². The minimum Gasteiger partial charge on any atom is -0.256 e. The van der Waals surface area contributed by atoms with E-state index in [0.29, 0.717) is 11.1 Å². The van der Waals surface area contributed by atoms with Gasteiger partial charge in [-0.25, -0.2) is 0 Å². The van der Waals surface area contributed by atoms with Crippen LogP contribution in [0.25, 0.3) is 33.5 Å². The Hall–Kier alpha value is -4.21. The van der Waals surface area contributed by atoms with Gasteiger partial charge in [0.15, 0.2) is 0 Å². The standard InChI is InChI=1S/C25H15N3/c26-16-18-7-9-20(10-8-18)23-12-19(17-27)13-24(15-23)21-4-3-5-22(14-21)25-6-1-2-11-28-25/h1-15H. The predicted molar refractivity (Wildman–Crippen MR) is 110 cm³/mol. The molecular weight excluding hydrogens is 342 g/mol. The highest BCUT2D eigenvalue weighted by Crippen LogP contribution is 2.30. The van der Waals surface area contributed by atoms with Crippen molar-refractivity contribution >= 4 is 0 Å². The summed E-state index contributed by atoms with van der Waals surface area (Å²) >= 11 is 0. The van der Waals surface area contributed by atoms with E-state index in [0.717, 1.165) is 33.5 Å². The van der Waals surface area contributed by atoms with Crippen LogP contribution in [0.5, 0.6) is 0 Å². The van der Waals surface area contributed by atoms with Crippen LogP contribution in [0.2, 0.25) is 0 Å². The number of hydrogen-bond acceptors (Lipinski definition) is 3. The van der Waals surface area contributed by atoms with Gasteiger partial charge in [0.05, 0.1) is 29.0 Å². The summed E-state index contributed by atoms with van der Waals surface area (Å²) < 4.78 is 0. The van der Waals surface area contributed by atoms with E-state index in [1.165, 1.54) is 0 Å². The smallest absolute Gasteiger partial charge is 0.0992 e. The summed E-state index contributed by atoms with van der Waals surface area (Å²) in [6, 6.07) is 31.6.